The average molecular weight is 960 g/mol. The van der Waals surface area contributed by atoms with Crippen molar-refractivity contribution < 1.29 is 23.8 Å². The van der Waals surface area contributed by atoms with Crippen LogP contribution in [0.3, 0.4) is 0 Å². The number of esters is 2. The Kier molecular flexibility index (Phi) is 58.7. The molecule has 0 amide bonds. The molecule has 0 heterocycles. The van der Waals surface area contributed by atoms with Gasteiger partial charge in [0.2, 0.25) is 0 Å². The van der Waals surface area contributed by atoms with Crippen molar-refractivity contribution in [2.75, 3.05) is 19.8 Å². The number of hydrogen-bond acceptors (Lipinski definition) is 5. The number of ether oxygens (including phenoxy) is 3. The van der Waals surface area contributed by atoms with E-state index in [2.05, 4.69) is 32.9 Å². The molecule has 0 saturated heterocycles. The van der Waals surface area contributed by atoms with Crippen LogP contribution in [-0.4, -0.2) is 37.9 Å². The molecular formula is C63H122O5. The summed E-state index contributed by atoms with van der Waals surface area (Å²) in [4.78, 5) is 25.6. The van der Waals surface area contributed by atoms with E-state index in [9.17, 15) is 9.59 Å². The molecule has 0 aromatic carbocycles. The van der Waals surface area contributed by atoms with E-state index in [1.54, 1.807) is 0 Å². The molecule has 0 aromatic rings. The Labute approximate surface area is 426 Å². The first-order valence-electron chi connectivity index (χ1n) is 31.2. The minimum Gasteiger partial charge on any atom is -0.462 e. The summed E-state index contributed by atoms with van der Waals surface area (Å²) < 4.78 is 17.5. The summed E-state index contributed by atoms with van der Waals surface area (Å²) in [6.45, 7) is 7.92. The van der Waals surface area contributed by atoms with Gasteiger partial charge in [0.05, 0.1) is 6.61 Å². The highest BCUT2D eigenvalue weighted by Crippen LogP contribution is 2.18. The topological polar surface area (TPSA) is 61.8 Å². The third-order valence-electron chi connectivity index (χ3n) is 14.3. The number of hydrogen-bond donors (Lipinski definition) is 0. The summed E-state index contributed by atoms with van der Waals surface area (Å²) in [5.74, 6) is -0.369. The second kappa shape index (κ2) is 59.9. The second-order valence-electron chi connectivity index (χ2n) is 21.3. The molecule has 0 rings (SSSR count). The monoisotopic (exact) mass is 959 g/mol. The van der Waals surface area contributed by atoms with Crippen LogP contribution in [0.4, 0.5) is 0 Å². The Hall–Kier alpha value is -1.36. The van der Waals surface area contributed by atoms with Crippen LogP contribution >= 0.6 is 0 Å². The van der Waals surface area contributed by atoms with Gasteiger partial charge in [-0.25, -0.2) is 0 Å². The minimum atomic E-state index is -0.529. The summed E-state index contributed by atoms with van der Waals surface area (Å²) in [6, 6.07) is 0. The van der Waals surface area contributed by atoms with Crippen LogP contribution in [0, 0.1) is 0 Å². The number of allylic oxidation sites excluding steroid dienone is 2. The van der Waals surface area contributed by atoms with Crippen LogP contribution in [0.2, 0.25) is 0 Å². The molecule has 0 saturated carbocycles. The molecule has 404 valence electrons. The highest BCUT2D eigenvalue weighted by atomic mass is 16.6. The molecule has 68 heavy (non-hydrogen) atoms. The number of unbranched alkanes of at least 4 members (excludes halogenated alkanes) is 46. The summed E-state index contributed by atoms with van der Waals surface area (Å²) in [5.41, 5.74) is 0. The van der Waals surface area contributed by atoms with Crippen molar-refractivity contribution in [1.82, 2.24) is 0 Å². The Balaban J connectivity index is 4.20. The maximum atomic E-state index is 12.9. The third-order valence-corrected chi connectivity index (χ3v) is 14.3. The van der Waals surface area contributed by atoms with Crippen LogP contribution in [0.15, 0.2) is 12.2 Å². The van der Waals surface area contributed by atoms with E-state index in [0.717, 1.165) is 32.1 Å². The van der Waals surface area contributed by atoms with E-state index in [-0.39, 0.29) is 18.5 Å². The van der Waals surface area contributed by atoms with Gasteiger partial charge < -0.3 is 14.2 Å². The van der Waals surface area contributed by atoms with Gasteiger partial charge in [-0.15, -0.1) is 0 Å². The number of carbonyl (C=O) groups excluding carboxylic acids is 2. The maximum Gasteiger partial charge on any atom is 0.306 e. The second-order valence-corrected chi connectivity index (χ2v) is 21.3. The van der Waals surface area contributed by atoms with Gasteiger partial charge in [-0.05, 0) is 44.9 Å². The minimum absolute atomic E-state index is 0.0952. The molecule has 0 fully saturated rings. The summed E-state index contributed by atoms with van der Waals surface area (Å²) in [7, 11) is 0. The summed E-state index contributed by atoms with van der Waals surface area (Å²) in [5, 5.41) is 0. The predicted molar refractivity (Wildman–Crippen MR) is 298 cm³/mol. The smallest absolute Gasteiger partial charge is 0.306 e. The standard InChI is InChI=1S/C63H122O5/c1-4-7-10-13-16-19-22-25-28-31-32-34-36-39-42-45-48-51-54-57-63(65)68-61(59-66-58-55-52-49-46-43-40-37-30-27-24-21-18-15-12-9-6-3)60-67-62(64)56-53-50-47-44-41-38-35-33-29-26-23-20-17-14-11-8-5-2/h25,28,61H,4-24,26-27,29-60H2,1-3H3/b28-25-/t61-/m1/s1. The third kappa shape index (κ3) is 57.2. The summed E-state index contributed by atoms with van der Waals surface area (Å²) in [6.07, 6.45) is 71.0. The first-order chi connectivity index (χ1) is 33.6. The highest BCUT2D eigenvalue weighted by molar-refractivity contribution is 5.70. The summed E-state index contributed by atoms with van der Waals surface area (Å²) >= 11 is 0. The van der Waals surface area contributed by atoms with Gasteiger partial charge in [0.25, 0.3) is 0 Å². The molecule has 0 aliphatic carbocycles. The Morgan fingerprint density at radius 3 is 0.897 bits per heavy atom. The van der Waals surface area contributed by atoms with E-state index >= 15 is 0 Å². The molecule has 1 atom stereocenters. The fourth-order valence-corrected chi connectivity index (χ4v) is 9.63. The van der Waals surface area contributed by atoms with E-state index < -0.39 is 6.10 Å². The molecule has 0 unspecified atom stereocenters. The fraction of sp³-hybridized carbons (Fsp3) is 0.937. The van der Waals surface area contributed by atoms with Gasteiger partial charge in [-0.1, -0.05) is 309 Å². The molecule has 5 nitrogen and oxygen atoms in total. The van der Waals surface area contributed by atoms with Crippen LogP contribution in [0.1, 0.15) is 355 Å². The van der Waals surface area contributed by atoms with Crippen molar-refractivity contribution in [3.8, 4) is 0 Å². The van der Waals surface area contributed by atoms with Gasteiger partial charge in [0, 0.05) is 19.4 Å². The van der Waals surface area contributed by atoms with Crippen LogP contribution < -0.4 is 0 Å². The first-order valence-corrected chi connectivity index (χ1v) is 31.2. The zero-order valence-corrected chi connectivity index (χ0v) is 46.7. The Morgan fingerprint density at radius 1 is 0.309 bits per heavy atom. The van der Waals surface area contributed by atoms with Gasteiger partial charge in [-0.2, -0.15) is 0 Å². The zero-order chi connectivity index (χ0) is 49.2. The number of rotatable bonds is 59. The van der Waals surface area contributed by atoms with E-state index in [1.165, 1.54) is 289 Å². The maximum absolute atomic E-state index is 12.9. The molecule has 0 bridgehead atoms. The molecule has 0 N–H and O–H groups in total. The van der Waals surface area contributed by atoms with Crippen LogP contribution in [0.25, 0.3) is 0 Å². The zero-order valence-electron chi connectivity index (χ0n) is 46.7. The van der Waals surface area contributed by atoms with Crippen LogP contribution in [0.5, 0.6) is 0 Å². The Bertz CT molecular complexity index is 994. The largest absolute Gasteiger partial charge is 0.462 e. The molecule has 0 aliphatic heterocycles. The SMILES string of the molecule is CCCCCCCC/C=C\CCCCCCCCCCCC(=O)O[C@H](COCCCCCCCCCCCCCCCCCC)COC(=O)CCCCCCCCCCCCCCCCCCC. The highest BCUT2D eigenvalue weighted by Gasteiger charge is 2.18. The molecule has 0 aliphatic rings. The molecule has 0 spiro atoms. The molecule has 0 radical (unpaired) electrons. The van der Waals surface area contributed by atoms with Crippen molar-refractivity contribution in [3.63, 3.8) is 0 Å². The van der Waals surface area contributed by atoms with Crippen molar-refractivity contribution in [2.24, 2.45) is 0 Å². The Morgan fingerprint density at radius 2 is 0.574 bits per heavy atom. The number of carbonyl (C=O) groups is 2. The lowest BCUT2D eigenvalue weighted by Gasteiger charge is -2.18. The van der Waals surface area contributed by atoms with E-state index in [4.69, 9.17) is 14.2 Å². The lowest BCUT2D eigenvalue weighted by atomic mass is 10.0. The van der Waals surface area contributed by atoms with Crippen LogP contribution in [-0.2, 0) is 23.8 Å². The van der Waals surface area contributed by atoms with E-state index in [1.807, 2.05) is 0 Å². The van der Waals surface area contributed by atoms with Crippen molar-refractivity contribution in [1.29, 1.82) is 0 Å². The molecule has 0 aromatic heterocycles. The van der Waals surface area contributed by atoms with Gasteiger partial charge in [0.15, 0.2) is 6.10 Å². The van der Waals surface area contributed by atoms with Crippen molar-refractivity contribution in [3.05, 3.63) is 12.2 Å². The quantitative estimate of drug-likeness (QED) is 0.0345. The van der Waals surface area contributed by atoms with Gasteiger partial charge >= 0.3 is 11.9 Å². The fourth-order valence-electron chi connectivity index (χ4n) is 9.63. The van der Waals surface area contributed by atoms with Crippen molar-refractivity contribution >= 4 is 11.9 Å². The lowest BCUT2D eigenvalue weighted by molar-refractivity contribution is -0.163. The molecular weight excluding hydrogens is 837 g/mol. The first kappa shape index (κ1) is 66.6. The normalized spacial score (nSPS) is 12.1. The van der Waals surface area contributed by atoms with Gasteiger partial charge in [0.1, 0.15) is 6.61 Å². The van der Waals surface area contributed by atoms with E-state index in [0.29, 0.717) is 26.1 Å². The molecule has 5 heteroatoms. The lowest BCUT2D eigenvalue weighted by Crippen LogP contribution is -2.30. The van der Waals surface area contributed by atoms with Gasteiger partial charge in [-0.3, -0.25) is 9.59 Å². The van der Waals surface area contributed by atoms with Crippen molar-refractivity contribution in [2.45, 2.75) is 361 Å². The average Bonchev–Trinajstić information content (AvgIpc) is 3.34. The predicted octanol–water partition coefficient (Wildman–Crippen LogP) is 21.4.